The number of hydrogen-bond acceptors (Lipinski definition) is 5. The fourth-order valence-corrected chi connectivity index (χ4v) is 3.11. The Kier molecular flexibility index (Phi) is 6.13. The molecule has 156 valence electrons. The highest BCUT2D eigenvalue weighted by atomic mass is 35.5. The first-order chi connectivity index (χ1) is 13.6. The SMILES string of the molecule is Cc1nc(N2CCOCC2)nc(C)c1NC(=O)Nc1ccc(Cl)c(C(F)(F)F)c1. The summed E-state index contributed by atoms with van der Waals surface area (Å²) in [5, 5.41) is 4.53. The van der Waals surface area contributed by atoms with Gasteiger partial charge < -0.3 is 20.3 Å². The second kappa shape index (κ2) is 8.42. The minimum Gasteiger partial charge on any atom is -0.378 e. The Morgan fingerprint density at radius 1 is 1.14 bits per heavy atom. The number of morpholine rings is 1. The van der Waals surface area contributed by atoms with Crippen molar-refractivity contribution in [1.82, 2.24) is 9.97 Å². The number of carbonyl (C=O) groups excluding carboxylic acids is 1. The molecule has 3 rings (SSSR count). The number of ether oxygens (including phenoxy) is 1. The maximum absolute atomic E-state index is 13.0. The first-order valence-electron chi connectivity index (χ1n) is 8.78. The van der Waals surface area contributed by atoms with E-state index in [-0.39, 0.29) is 5.69 Å². The largest absolute Gasteiger partial charge is 0.417 e. The Morgan fingerprint density at radius 3 is 2.34 bits per heavy atom. The van der Waals surface area contributed by atoms with Gasteiger partial charge >= 0.3 is 12.2 Å². The van der Waals surface area contributed by atoms with E-state index in [0.717, 1.165) is 12.1 Å². The third-order valence-electron chi connectivity index (χ3n) is 4.32. The standard InChI is InChI=1S/C18H19ClF3N5O2/c1-10-15(11(2)24-16(23-10)27-5-7-29-8-6-27)26-17(28)25-12-3-4-14(19)13(9-12)18(20,21)22/h3-4,9H,5-8H2,1-2H3,(H2,25,26,28). The highest BCUT2D eigenvalue weighted by molar-refractivity contribution is 6.31. The number of halogens is 4. The van der Waals surface area contributed by atoms with Gasteiger partial charge in [0.25, 0.3) is 0 Å². The molecule has 2 aromatic rings. The minimum atomic E-state index is -4.62. The fourth-order valence-electron chi connectivity index (χ4n) is 2.88. The van der Waals surface area contributed by atoms with Gasteiger partial charge in [0, 0.05) is 18.8 Å². The van der Waals surface area contributed by atoms with E-state index < -0.39 is 22.8 Å². The molecule has 1 aromatic heterocycles. The van der Waals surface area contributed by atoms with Crippen LogP contribution in [0.25, 0.3) is 0 Å². The van der Waals surface area contributed by atoms with Crippen molar-refractivity contribution in [2.45, 2.75) is 20.0 Å². The average molecular weight is 430 g/mol. The number of hydrogen-bond donors (Lipinski definition) is 2. The van der Waals surface area contributed by atoms with Crippen LogP contribution in [0.3, 0.4) is 0 Å². The topological polar surface area (TPSA) is 79.4 Å². The zero-order valence-corrected chi connectivity index (χ0v) is 16.5. The molecule has 0 spiro atoms. The summed E-state index contributed by atoms with van der Waals surface area (Å²) in [5.74, 6) is 0.543. The summed E-state index contributed by atoms with van der Waals surface area (Å²) in [6.45, 7) is 5.96. The molecule has 7 nitrogen and oxygen atoms in total. The third-order valence-corrected chi connectivity index (χ3v) is 4.65. The Hall–Kier alpha value is -2.59. The van der Waals surface area contributed by atoms with Gasteiger partial charge in [0.2, 0.25) is 5.95 Å². The number of rotatable bonds is 3. The highest BCUT2D eigenvalue weighted by Crippen LogP contribution is 2.36. The van der Waals surface area contributed by atoms with Crippen LogP contribution >= 0.6 is 11.6 Å². The lowest BCUT2D eigenvalue weighted by Crippen LogP contribution is -2.37. The predicted octanol–water partition coefficient (Wildman–Crippen LogP) is 4.25. The van der Waals surface area contributed by atoms with Crippen molar-refractivity contribution in [1.29, 1.82) is 0 Å². The maximum Gasteiger partial charge on any atom is 0.417 e. The lowest BCUT2D eigenvalue weighted by molar-refractivity contribution is -0.137. The summed E-state index contributed by atoms with van der Waals surface area (Å²) < 4.78 is 44.2. The van der Waals surface area contributed by atoms with Crippen LogP contribution in [-0.4, -0.2) is 42.3 Å². The number of benzene rings is 1. The lowest BCUT2D eigenvalue weighted by Gasteiger charge is -2.27. The molecular weight excluding hydrogens is 411 g/mol. The van der Waals surface area contributed by atoms with Crippen LogP contribution < -0.4 is 15.5 Å². The van der Waals surface area contributed by atoms with Gasteiger partial charge in [-0.2, -0.15) is 13.2 Å². The number of anilines is 3. The molecule has 0 saturated carbocycles. The minimum absolute atomic E-state index is 0.0413. The molecule has 2 heterocycles. The zero-order valence-electron chi connectivity index (χ0n) is 15.7. The summed E-state index contributed by atoms with van der Waals surface area (Å²) in [6.07, 6.45) is -4.62. The number of urea groups is 1. The molecule has 2 N–H and O–H groups in total. The molecule has 29 heavy (non-hydrogen) atoms. The van der Waals surface area contributed by atoms with Crippen molar-refractivity contribution >= 4 is 35.0 Å². The van der Waals surface area contributed by atoms with Gasteiger partial charge in [0.1, 0.15) is 0 Å². The fraction of sp³-hybridized carbons (Fsp3) is 0.389. The zero-order chi connectivity index (χ0) is 21.2. The summed E-state index contributed by atoms with van der Waals surface area (Å²) in [5.41, 5.74) is 0.412. The van der Waals surface area contributed by atoms with Gasteiger partial charge in [0.15, 0.2) is 0 Å². The van der Waals surface area contributed by atoms with Gasteiger partial charge in [-0.05, 0) is 32.0 Å². The molecule has 1 aliphatic heterocycles. The van der Waals surface area contributed by atoms with Gasteiger partial charge in [-0.1, -0.05) is 11.6 Å². The number of carbonyl (C=O) groups is 1. The van der Waals surface area contributed by atoms with E-state index in [0.29, 0.717) is 49.3 Å². The van der Waals surface area contributed by atoms with Crippen molar-refractivity contribution in [3.05, 3.63) is 40.2 Å². The molecule has 0 bridgehead atoms. The van der Waals surface area contributed by atoms with Crippen molar-refractivity contribution in [2.24, 2.45) is 0 Å². The van der Waals surface area contributed by atoms with Gasteiger partial charge in [-0.15, -0.1) is 0 Å². The van der Waals surface area contributed by atoms with Crippen LogP contribution in [0.5, 0.6) is 0 Å². The van der Waals surface area contributed by atoms with E-state index in [9.17, 15) is 18.0 Å². The van der Waals surface area contributed by atoms with E-state index in [1.807, 2.05) is 4.90 Å². The van der Waals surface area contributed by atoms with Gasteiger partial charge in [-0.3, -0.25) is 0 Å². The van der Waals surface area contributed by atoms with Crippen molar-refractivity contribution < 1.29 is 22.7 Å². The van der Waals surface area contributed by atoms with E-state index >= 15 is 0 Å². The molecule has 11 heteroatoms. The molecule has 1 aromatic carbocycles. The predicted molar refractivity (Wildman–Crippen MR) is 104 cm³/mol. The van der Waals surface area contributed by atoms with Crippen molar-refractivity contribution in [3.63, 3.8) is 0 Å². The van der Waals surface area contributed by atoms with Gasteiger partial charge in [0.05, 0.1) is 40.9 Å². The van der Waals surface area contributed by atoms with Crippen LogP contribution in [0.2, 0.25) is 5.02 Å². The second-order valence-corrected chi connectivity index (χ2v) is 6.85. The van der Waals surface area contributed by atoms with Crippen molar-refractivity contribution in [3.8, 4) is 0 Å². The molecule has 2 amide bonds. The quantitative estimate of drug-likeness (QED) is 0.762. The number of aromatic nitrogens is 2. The molecule has 0 atom stereocenters. The monoisotopic (exact) mass is 429 g/mol. The Balaban J connectivity index is 1.74. The molecule has 0 aliphatic carbocycles. The number of nitrogens with one attached hydrogen (secondary N) is 2. The number of aryl methyl sites for hydroxylation is 2. The van der Waals surface area contributed by atoms with Crippen LogP contribution in [0.15, 0.2) is 18.2 Å². The van der Waals surface area contributed by atoms with Gasteiger partial charge in [-0.25, -0.2) is 14.8 Å². The lowest BCUT2D eigenvalue weighted by atomic mass is 10.2. The van der Waals surface area contributed by atoms with E-state index in [4.69, 9.17) is 16.3 Å². The van der Waals surface area contributed by atoms with Crippen LogP contribution in [0.4, 0.5) is 35.3 Å². The Labute approximate surface area is 170 Å². The second-order valence-electron chi connectivity index (χ2n) is 6.44. The molecule has 1 fully saturated rings. The van der Waals surface area contributed by atoms with Crippen molar-refractivity contribution in [2.75, 3.05) is 41.8 Å². The normalized spacial score (nSPS) is 14.6. The van der Waals surface area contributed by atoms with E-state index in [1.54, 1.807) is 13.8 Å². The molecule has 0 radical (unpaired) electrons. The Bertz CT molecular complexity index is 894. The summed E-state index contributed by atoms with van der Waals surface area (Å²) in [4.78, 5) is 23.1. The third kappa shape index (κ3) is 5.07. The molecule has 0 unspecified atom stereocenters. The van der Waals surface area contributed by atoms with Crippen LogP contribution in [0, 0.1) is 13.8 Å². The summed E-state index contributed by atoms with van der Waals surface area (Å²) in [6, 6.07) is 2.43. The van der Waals surface area contributed by atoms with Crippen LogP contribution in [0.1, 0.15) is 17.0 Å². The number of alkyl halides is 3. The Morgan fingerprint density at radius 2 is 1.76 bits per heavy atom. The molecular formula is C18H19ClF3N5O2. The first kappa shape index (κ1) is 21.1. The highest BCUT2D eigenvalue weighted by Gasteiger charge is 2.33. The van der Waals surface area contributed by atoms with E-state index in [2.05, 4.69) is 20.6 Å². The number of nitrogens with zero attached hydrogens (tertiary/aromatic N) is 3. The van der Waals surface area contributed by atoms with Crippen LogP contribution in [-0.2, 0) is 10.9 Å². The number of amides is 2. The first-order valence-corrected chi connectivity index (χ1v) is 9.15. The molecule has 1 aliphatic rings. The average Bonchev–Trinajstić information content (AvgIpc) is 2.66. The summed E-state index contributed by atoms with van der Waals surface area (Å²) in [7, 11) is 0. The summed E-state index contributed by atoms with van der Waals surface area (Å²) >= 11 is 5.59. The molecule has 1 saturated heterocycles. The smallest absolute Gasteiger partial charge is 0.378 e. The maximum atomic E-state index is 13.0. The van der Waals surface area contributed by atoms with E-state index in [1.165, 1.54) is 6.07 Å².